The molecule has 0 aromatic heterocycles. The number of aliphatic hydroxyl groups excluding tert-OH is 1. The number of phenols is 1. The lowest BCUT2D eigenvalue weighted by Crippen LogP contribution is -2.42. The molecule has 0 bridgehead atoms. The van der Waals surface area contributed by atoms with E-state index >= 15 is 0 Å². The molecule has 1 aromatic rings. The topological polar surface area (TPSA) is 101 Å². The molecule has 0 unspecified atom stereocenters. The summed E-state index contributed by atoms with van der Waals surface area (Å²) in [4.78, 5) is 38.3. The molecule has 0 aliphatic heterocycles. The van der Waals surface area contributed by atoms with Crippen LogP contribution in [0.5, 0.6) is 5.75 Å². The zero-order chi connectivity index (χ0) is 21.5. The maximum Gasteiger partial charge on any atom is 0.309 e. The van der Waals surface area contributed by atoms with Crippen LogP contribution in [0.15, 0.2) is 6.07 Å². The zero-order valence-electron chi connectivity index (χ0n) is 17.5. The molecule has 29 heavy (non-hydrogen) atoms. The highest BCUT2D eigenvalue weighted by Gasteiger charge is 2.42. The molecule has 6 nitrogen and oxygen atoms in total. The van der Waals surface area contributed by atoms with Crippen molar-refractivity contribution in [3.63, 3.8) is 0 Å². The third-order valence-corrected chi connectivity index (χ3v) is 6.32. The molecule has 0 spiro atoms. The van der Waals surface area contributed by atoms with Crippen LogP contribution < -0.4 is 0 Å². The van der Waals surface area contributed by atoms with Gasteiger partial charge in [0.05, 0.1) is 12.0 Å². The number of phenolic OH excluding ortho intramolecular Hbond substituents is 1. The molecule has 0 saturated heterocycles. The van der Waals surface area contributed by atoms with Crippen LogP contribution in [-0.4, -0.2) is 40.0 Å². The number of hydrogen-bond donors (Lipinski definition) is 2. The summed E-state index contributed by atoms with van der Waals surface area (Å²) >= 11 is 0. The number of carbonyl (C=O) groups is 3. The number of ether oxygens (including phenoxy) is 1. The Labute approximate surface area is 171 Å². The number of aromatic hydroxyl groups is 1. The fourth-order valence-corrected chi connectivity index (χ4v) is 4.63. The summed E-state index contributed by atoms with van der Waals surface area (Å²) in [6.07, 6.45) is 0.155. The van der Waals surface area contributed by atoms with Gasteiger partial charge in [0.2, 0.25) is 11.9 Å². The quantitative estimate of drug-likeness (QED) is 0.580. The van der Waals surface area contributed by atoms with Gasteiger partial charge in [0.15, 0.2) is 5.78 Å². The number of carbonyl (C=O) groups excluding carboxylic acids is 3. The Morgan fingerprint density at radius 2 is 2.00 bits per heavy atom. The largest absolute Gasteiger partial charge is 0.508 e. The SMILES string of the molecule is CC[C@H](C)C[C@H](C)C(=O)O[C@H]1C(=O)Cc2cc(O)c3c(c2C1=O)C[C@@H](O)C[C@H]3C. The fourth-order valence-electron chi connectivity index (χ4n) is 4.63. The van der Waals surface area contributed by atoms with Gasteiger partial charge in [-0.15, -0.1) is 0 Å². The number of fused-ring (bicyclic) bond motifs is 3. The van der Waals surface area contributed by atoms with Gasteiger partial charge in [0.25, 0.3) is 0 Å². The van der Waals surface area contributed by atoms with Crippen LogP contribution in [0, 0.1) is 11.8 Å². The molecule has 2 aliphatic carbocycles. The molecule has 0 heterocycles. The van der Waals surface area contributed by atoms with Crippen molar-refractivity contribution >= 4 is 17.5 Å². The first-order chi connectivity index (χ1) is 13.6. The predicted molar refractivity (Wildman–Crippen MR) is 107 cm³/mol. The van der Waals surface area contributed by atoms with Crippen molar-refractivity contribution in [2.24, 2.45) is 11.8 Å². The van der Waals surface area contributed by atoms with Crippen molar-refractivity contribution in [3.05, 3.63) is 28.3 Å². The lowest BCUT2D eigenvalue weighted by molar-refractivity contribution is -0.156. The Morgan fingerprint density at radius 1 is 1.31 bits per heavy atom. The molecular weight excluding hydrogens is 372 g/mol. The average molecular weight is 402 g/mol. The molecule has 2 N–H and O–H groups in total. The van der Waals surface area contributed by atoms with Crippen LogP contribution >= 0.6 is 0 Å². The molecule has 0 fully saturated rings. The average Bonchev–Trinajstić information content (AvgIpc) is 2.63. The first-order valence-electron chi connectivity index (χ1n) is 10.5. The minimum absolute atomic E-state index is 0.0522. The molecular formula is C23H30O6. The molecule has 5 atom stereocenters. The van der Waals surface area contributed by atoms with Gasteiger partial charge in [-0.1, -0.05) is 34.1 Å². The van der Waals surface area contributed by atoms with Crippen molar-refractivity contribution in [2.75, 3.05) is 0 Å². The monoisotopic (exact) mass is 402 g/mol. The Hall–Kier alpha value is -2.21. The van der Waals surface area contributed by atoms with Crippen molar-refractivity contribution < 1.29 is 29.3 Å². The highest BCUT2D eigenvalue weighted by molar-refractivity contribution is 6.19. The summed E-state index contributed by atoms with van der Waals surface area (Å²) in [6, 6.07) is 1.47. The third kappa shape index (κ3) is 4.08. The van der Waals surface area contributed by atoms with Crippen LogP contribution in [-0.2, 0) is 27.2 Å². The highest BCUT2D eigenvalue weighted by Crippen LogP contribution is 2.42. The number of Topliss-reactive ketones (excluding diaryl/α,β-unsaturated/α-hetero) is 2. The van der Waals surface area contributed by atoms with E-state index < -0.39 is 35.7 Å². The predicted octanol–water partition coefficient (Wildman–Crippen LogP) is 3.09. The number of hydrogen-bond acceptors (Lipinski definition) is 6. The minimum Gasteiger partial charge on any atom is -0.508 e. The molecule has 6 heteroatoms. The van der Waals surface area contributed by atoms with E-state index in [-0.39, 0.29) is 24.5 Å². The normalized spacial score (nSPS) is 25.8. The lowest BCUT2D eigenvalue weighted by Gasteiger charge is -2.32. The van der Waals surface area contributed by atoms with Gasteiger partial charge >= 0.3 is 5.97 Å². The van der Waals surface area contributed by atoms with Gasteiger partial charge in [-0.3, -0.25) is 14.4 Å². The van der Waals surface area contributed by atoms with Crippen LogP contribution in [0.4, 0.5) is 0 Å². The molecule has 3 rings (SSSR count). The van der Waals surface area contributed by atoms with E-state index in [1.54, 1.807) is 6.92 Å². The number of benzene rings is 1. The summed E-state index contributed by atoms with van der Waals surface area (Å²) in [5.74, 6) is -1.68. The Kier molecular flexibility index (Phi) is 6.13. The van der Waals surface area contributed by atoms with E-state index in [0.29, 0.717) is 41.0 Å². The summed E-state index contributed by atoms with van der Waals surface area (Å²) in [7, 11) is 0. The second kappa shape index (κ2) is 8.27. The van der Waals surface area contributed by atoms with E-state index in [1.165, 1.54) is 6.07 Å². The molecule has 0 amide bonds. The third-order valence-electron chi connectivity index (χ3n) is 6.32. The van der Waals surface area contributed by atoms with Gasteiger partial charge in [-0.05, 0) is 48.3 Å². The van der Waals surface area contributed by atoms with Crippen molar-refractivity contribution in [1.29, 1.82) is 0 Å². The number of rotatable bonds is 5. The van der Waals surface area contributed by atoms with Crippen LogP contribution in [0.3, 0.4) is 0 Å². The Morgan fingerprint density at radius 3 is 2.66 bits per heavy atom. The van der Waals surface area contributed by atoms with E-state index in [4.69, 9.17) is 4.74 Å². The summed E-state index contributed by atoms with van der Waals surface area (Å²) < 4.78 is 5.39. The van der Waals surface area contributed by atoms with E-state index in [0.717, 1.165) is 6.42 Å². The maximum atomic E-state index is 13.2. The molecule has 0 saturated carbocycles. The first-order valence-corrected chi connectivity index (χ1v) is 10.5. The number of ketones is 2. The highest BCUT2D eigenvalue weighted by atomic mass is 16.6. The standard InChI is InChI=1S/C23H30O6/c1-5-11(2)6-13(4)23(28)29-22-18(26)9-14-8-17(25)19-12(3)7-15(24)10-16(19)20(14)21(22)27/h8,11-13,15,22,24-25H,5-7,9-10H2,1-4H3/t11-,12+,13-,15-,22-/m0/s1. The minimum atomic E-state index is -1.45. The first kappa shape index (κ1) is 21.5. The van der Waals surface area contributed by atoms with Crippen molar-refractivity contribution in [3.8, 4) is 5.75 Å². The van der Waals surface area contributed by atoms with Gasteiger partial charge in [0, 0.05) is 17.5 Å². The number of esters is 1. The molecule has 0 radical (unpaired) electrons. The van der Waals surface area contributed by atoms with Crippen molar-refractivity contribution in [2.45, 2.75) is 77.9 Å². The Balaban J connectivity index is 1.92. The maximum absolute atomic E-state index is 13.2. The van der Waals surface area contributed by atoms with Crippen LogP contribution in [0.1, 0.15) is 79.9 Å². The van der Waals surface area contributed by atoms with Gasteiger partial charge in [-0.25, -0.2) is 0 Å². The van der Waals surface area contributed by atoms with Crippen LogP contribution in [0.2, 0.25) is 0 Å². The van der Waals surface area contributed by atoms with Gasteiger partial charge < -0.3 is 14.9 Å². The van der Waals surface area contributed by atoms with Crippen molar-refractivity contribution in [1.82, 2.24) is 0 Å². The van der Waals surface area contributed by atoms with Gasteiger partial charge in [-0.2, -0.15) is 0 Å². The zero-order valence-corrected chi connectivity index (χ0v) is 17.5. The Bertz CT molecular complexity index is 842. The fraction of sp³-hybridized carbons (Fsp3) is 0.609. The van der Waals surface area contributed by atoms with E-state index in [2.05, 4.69) is 0 Å². The number of aliphatic hydroxyl groups is 1. The molecule has 1 aromatic carbocycles. The lowest BCUT2D eigenvalue weighted by atomic mass is 9.74. The van der Waals surface area contributed by atoms with Crippen LogP contribution in [0.25, 0.3) is 0 Å². The molecule has 158 valence electrons. The van der Waals surface area contributed by atoms with E-state index in [1.807, 2.05) is 20.8 Å². The summed E-state index contributed by atoms with van der Waals surface area (Å²) in [5, 5.41) is 20.6. The second-order valence-corrected chi connectivity index (χ2v) is 8.79. The molecule has 2 aliphatic rings. The van der Waals surface area contributed by atoms with Gasteiger partial charge in [0.1, 0.15) is 5.75 Å². The smallest absolute Gasteiger partial charge is 0.309 e. The summed E-state index contributed by atoms with van der Waals surface area (Å²) in [5.41, 5.74) is 2.00. The summed E-state index contributed by atoms with van der Waals surface area (Å²) in [6.45, 7) is 7.72. The second-order valence-electron chi connectivity index (χ2n) is 8.79. The van der Waals surface area contributed by atoms with E-state index in [9.17, 15) is 24.6 Å².